The van der Waals surface area contributed by atoms with E-state index in [9.17, 15) is 14.7 Å². The van der Waals surface area contributed by atoms with Gasteiger partial charge in [-0.3, -0.25) is 14.6 Å². The van der Waals surface area contributed by atoms with Crippen LogP contribution < -0.4 is 0 Å². The Morgan fingerprint density at radius 3 is 2.75 bits per heavy atom. The summed E-state index contributed by atoms with van der Waals surface area (Å²) in [5.41, 5.74) is 2.16. The predicted molar refractivity (Wildman–Crippen MR) is 109 cm³/mol. The van der Waals surface area contributed by atoms with Crippen molar-refractivity contribution >= 4 is 33.4 Å². The molecule has 1 aliphatic rings. The molecule has 28 heavy (non-hydrogen) atoms. The summed E-state index contributed by atoms with van der Waals surface area (Å²) in [6, 6.07) is 8.15. The fourth-order valence-electron chi connectivity index (χ4n) is 3.32. The highest BCUT2D eigenvalue weighted by atomic mass is 79.9. The number of aliphatic hydroxyl groups excluding tert-OH is 1. The van der Waals surface area contributed by atoms with Gasteiger partial charge in [-0.05, 0) is 42.7 Å². The molecule has 1 saturated heterocycles. The molecule has 1 aromatic carbocycles. The molecule has 0 bridgehead atoms. The number of aromatic nitrogens is 1. The minimum Gasteiger partial charge on any atom is -0.507 e. The highest BCUT2D eigenvalue weighted by Crippen LogP contribution is 2.39. The van der Waals surface area contributed by atoms with Crippen LogP contribution in [0.25, 0.3) is 5.76 Å². The number of rotatable bonds is 6. The molecular weight excluding hydrogens is 424 g/mol. The van der Waals surface area contributed by atoms with Crippen molar-refractivity contribution in [2.75, 3.05) is 20.3 Å². The van der Waals surface area contributed by atoms with Crippen molar-refractivity contribution < 1.29 is 19.4 Å². The molecule has 1 aliphatic heterocycles. The van der Waals surface area contributed by atoms with Gasteiger partial charge in [-0.15, -0.1) is 0 Å². The number of ketones is 1. The topological polar surface area (TPSA) is 79.7 Å². The Morgan fingerprint density at radius 1 is 1.32 bits per heavy atom. The lowest BCUT2D eigenvalue weighted by atomic mass is 9.96. The maximum Gasteiger partial charge on any atom is 0.295 e. The maximum absolute atomic E-state index is 12.8. The molecule has 6 nitrogen and oxygen atoms in total. The van der Waals surface area contributed by atoms with Gasteiger partial charge in [0.1, 0.15) is 5.76 Å². The molecule has 3 rings (SSSR count). The average molecular weight is 445 g/mol. The number of pyridine rings is 1. The van der Waals surface area contributed by atoms with Crippen molar-refractivity contribution in [1.82, 2.24) is 9.88 Å². The van der Waals surface area contributed by atoms with Gasteiger partial charge < -0.3 is 14.7 Å². The van der Waals surface area contributed by atoms with Crippen molar-refractivity contribution in [2.24, 2.45) is 0 Å². The molecule has 2 heterocycles. The molecule has 1 N–H and O–H groups in total. The van der Waals surface area contributed by atoms with E-state index in [1.807, 2.05) is 6.92 Å². The van der Waals surface area contributed by atoms with Crippen LogP contribution in [0.5, 0.6) is 0 Å². The molecule has 1 atom stereocenters. The number of carbonyl (C=O) groups excluding carboxylic acids is 2. The highest BCUT2D eigenvalue weighted by Gasteiger charge is 2.45. The van der Waals surface area contributed by atoms with Crippen molar-refractivity contribution in [3.8, 4) is 0 Å². The summed E-state index contributed by atoms with van der Waals surface area (Å²) >= 11 is 3.43. The lowest BCUT2D eigenvalue weighted by molar-refractivity contribution is -0.140. The van der Waals surface area contributed by atoms with Crippen LogP contribution in [0.4, 0.5) is 0 Å². The van der Waals surface area contributed by atoms with Gasteiger partial charge in [0.05, 0.1) is 11.6 Å². The number of nitrogens with zero attached hydrogens (tertiary/aromatic N) is 2. The maximum atomic E-state index is 12.8. The fraction of sp³-hybridized carbons (Fsp3) is 0.286. The van der Waals surface area contributed by atoms with Gasteiger partial charge in [0.15, 0.2) is 0 Å². The van der Waals surface area contributed by atoms with E-state index in [-0.39, 0.29) is 11.3 Å². The first-order chi connectivity index (χ1) is 13.5. The minimum atomic E-state index is -0.690. The number of ether oxygens (including phenoxy) is 1. The van der Waals surface area contributed by atoms with Crippen molar-refractivity contribution in [1.29, 1.82) is 0 Å². The number of likely N-dealkylation sites (tertiary alicyclic amines) is 1. The first-order valence-corrected chi connectivity index (χ1v) is 9.68. The summed E-state index contributed by atoms with van der Waals surface area (Å²) in [5, 5.41) is 11.0. The van der Waals surface area contributed by atoms with Crippen LogP contribution in [0.15, 0.2) is 52.8 Å². The molecule has 2 aromatic rings. The van der Waals surface area contributed by atoms with Crippen LogP contribution in [0.3, 0.4) is 0 Å². The molecule has 1 unspecified atom stereocenters. The Hall–Kier alpha value is -2.51. The van der Waals surface area contributed by atoms with Gasteiger partial charge in [-0.2, -0.15) is 0 Å². The average Bonchev–Trinajstić information content (AvgIpc) is 2.95. The summed E-state index contributed by atoms with van der Waals surface area (Å²) in [4.78, 5) is 31.1. The van der Waals surface area contributed by atoms with E-state index in [0.717, 1.165) is 10.0 Å². The Balaban J connectivity index is 2.12. The van der Waals surface area contributed by atoms with Crippen LogP contribution in [-0.2, 0) is 14.3 Å². The molecular formula is C21H21BrN2O4. The lowest BCUT2D eigenvalue weighted by Gasteiger charge is -2.25. The number of amides is 1. The van der Waals surface area contributed by atoms with Crippen LogP contribution >= 0.6 is 15.9 Å². The zero-order valence-corrected chi connectivity index (χ0v) is 17.3. The first-order valence-electron chi connectivity index (χ1n) is 8.89. The van der Waals surface area contributed by atoms with Crippen LogP contribution in [0.2, 0.25) is 0 Å². The predicted octanol–water partition coefficient (Wildman–Crippen LogP) is 3.61. The number of Topliss-reactive ketones (excluding diaryl/α,β-unsaturated/α-hetero) is 1. The number of methoxy groups -OCH3 is 1. The third-order valence-corrected chi connectivity index (χ3v) is 5.61. The van der Waals surface area contributed by atoms with E-state index in [0.29, 0.717) is 30.7 Å². The Bertz CT molecular complexity index is 927. The Kier molecular flexibility index (Phi) is 6.26. The second kappa shape index (κ2) is 8.67. The van der Waals surface area contributed by atoms with Gasteiger partial charge in [-0.1, -0.05) is 28.1 Å². The smallest absolute Gasteiger partial charge is 0.295 e. The van der Waals surface area contributed by atoms with E-state index in [1.54, 1.807) is 49.8 Å². The van der Waals surface area contributed by atoms with E-state index < -0.39 is 17.7 Å². The van der Waals surface area contributed by atoms with Crippen molar-refractivity contribution in [3.63, 3.8) is 0 Å². The van der Waals surface area contributed by atoms with Crippen LogP contribution in [0.1, 0.15) is 29.2 Å². The molecule has 0 spiro atoms. The van der Waals surface area contributed by atoms with Crippen molar-refractivity contribution in [3.05, 3.63) is 69.5 Å². The molecule has 0 saturated carbocycles. The fourth-order valence-corrected chi connectivity index (χ4v) is 3.57. The van der Waals surface area contributed by atoms with Gasteiger partial charge >= 0.3 is 0 Å². The lowest BCUT2D eigenvalue weighted by Crippen LogP contribution is -2.31. The zero-order chi connectivity index (χ0) is 20.3. The first kappa shape index (κ1) is 20.2. The van der Waals surface area contributed by atoms with Gasteiger partial charge in [0, 0.05) is 42.7 Å². The summed E-state index contributed by atoms with van der Waals surface area (Å²) in [7, 11) is 1.59. The highest BCUT2D eigenvalue weighted by molar-refractivity contribution is 9.10. The number of carbonyl (C=O) groups is 2. The van der Waals surface area contributed by atoms with E-state index >= 15 is 0 Å². The largest absolute Gasteiger partial charge is 0.507 e. The quantitative estimate of drug-likeness (QED) is 0.318. The summed E-state index contributed by atoms with van der Waals surface area (Å²) in [6.45, 7) is 2.70. The second-order valence-electron chi connectivity index (χ2n) is 6.59. The summed E-state index contributed by atoms with van der Waals surface area (Å²) < 4.78 is 5.97. The summed E-state index contributed by atoms with van der Waals surface area (Å²) in [6.07, 6.45) is 3.82. The number of aryl methyl sites for hydroxylation is 1. The standard InChI is InChI=1S/C21H21BrN2O4/c1-13-11-14(6-7-16(13)22)19(25)17-18(15-5-3-8-23-12-15)24(9-4-10-28-2)21(27)20(17)26/h3,5-8,11-12,18,25H,4,9-10H2,1-2H3/b19-17-. The molecule has 1 aromatic heterocycles. The number of halogens is 1. The normalized spacial score (nSPS) is 18.7. The van der Waals surface area contributed by atoms with Gasteiger partial charge in [0.2, 0.25) is 0 Å². The third-order valence-electron chi connectivity index (χ3n) is 4.72. The number of aliphatic hydroxyl groups is 1. The number of benzene rings is 1. The molecule has 0 radical (unpaired) electrons. The molecule has 1 fully saturated rings. The monoisotopic (exact) mass is 444 g/mol. The molecule has 7 heteroatoms. The van der Waals surface area contributed by atoms with E-state index in [2.05, 4.69) is 20.9 Å². The minimum absolute atomic E-state index is 0.0807. The number of hydrogen-bond acceptors (Lipinski definition) is 5. The van der Waals surface area contributed by atoms with Crippen LogP contribution in [-0.4, -0.2) is 46.9 Å². The molecule has 0 aliphatic carbocycles. The Labute approximate surface area is 172 Å². The SMILES string of the molecule is COCCCN1C(=O)C(=O)/C(=C(\O)c2ccc(Br)c(C)c2)C1c1cccnc1. The molecule has 146 valence electrons. The van der Waals surface area contributed by atoms with E-state index in [4.69, 9.17) is 4.74 Å². The Morgan fingerprint density at radius 2 is 2.11 bits per heavy atom. The van der Waals surface area contributed by atoms with Gasteiger partial charge in [-0.25, -0.2) is 0 Å². The van der Waals surface area contributed by atoms with E-state index in [1.165, 1.54) is 4.90 Å². The second-order valence-corrected chi connectivity index (χ2v) is 7.44. The van der Waals surface area contributed by atoms with Gasteiger partial charge in [0.25, 0.3) is 11.7 Å². The van der Waals surface area contributed by atoms with Crippen molar-refractivity contribution in [2.45, 2.75) is 19.4 Å². The molecule has 1 amide bonds. The zero-order valence-electron chi connectivity index (χ0n) is 15.7. The van der Waals surface area contributed by atoms with Crippen LogP contribution in [0, 0.1) is 6.92 Å². The number of hydrogen-bond donors (Lipinski definition) is 1. The third kappa shape index (κ3) is 3.86. The summed E-state index contributed by atoms with van der Waals surface area (Å²) in [5.74, 6) is -1.50.